The molecule has 1 amide bonds. The fourth-order valence-electron chi connectivity index (χ4n) is 5.23. The van der Waals surface area contributed by atoms with E-state index >= 15 is 0 Å². The molecular formula is C29H32FN3O2. The van der Waals surface area contributed by atoms with Crippen LogP contribution in [0.3, 0.4) is 0 Å². The minimum absolute atomic E-state index is 0.168. The molecule has 182 valence electrons. The molecule has 0 radical (unpaired) electrons. The van der Waals surface area contributed by atoms with Crippen LogP contribution in [-0.4, -0.2) is 74.0 Å². The van der Waals surface area contributed by atoms with Crippen LogP contribution in [0, 0.1) is 5.82 Å². The smallest absolute Gasteiger partial charge is 0.257 e. The van der Waals surface area contributed by atoms with Crippen molar-refractivity contribution < 1.29 is 13.9 Å². The van der Waals surface area contributed by atoms with Crippen LogP contribution in [0.2, 0.25) is 0 Å². The summed E-state index contributed by atoms with van der Waals surface area (Å²) in [5, 5.41) is 0. The van der Waals surface area contributed by atoms with Gasteiger partial charge in [-0.25, -0.2) is 4.39 Å². The van der Waals surface area contributed by atoms with E-state index in [0.717, 1.165) is 26.1 Å². The van der Waals surface area contributed by atoms with E-state index in [4.69, 9.17) is 4.74 Å². The van der Waals surface area contributed by atoms with E-state index in [-0.39, 0.29) is 11.9 Å². The van der Waals surface area contributed by atoms with Gasteiger partial charge in [-0.15, -0.1) is 0 Å². The summed E-state index contributed by atoms with van der Waals surface area (Å²) in [6.07, 6.45) is 0.834. The average molecular weight is 474 g/mol. The predicted octanol–water partition coefficient (Wildman–Crippen LogP) is 4.68. The van der Waals surface area contributed by atoms with Crippen molar-refractivity contribution in [3.05, 3.63) is 89.2 Å². The highest BCUT2D eigenvalue weighted by molar-refractivity contribution is 5.97. The van der Waals surface area contributed by atoms with Gasteiger partial charge < -0.3 is 14.5 Å². The highest BCUT2D eigenvalue weighted by atomic mass is 19.1. The van der Waals surface area contributed by atoms with Gasteiger partial charge in [0.15, 0.2) is 0 Å². The minimum Gasteiger partial charge on any atom is -0.493 e. The summed E-state index contributed by atoms with van der Waals surface area (Å²) in [5.41, 5.74) is 5.55. The summed E-state index contributed by atoms with van der Waals surface area (Å²) in [5.74, 6) is -0.137. The molecule has 0 bridgehead atoms. The second kappa shape index (κ2) is 10.2. The van der Waals surface area contributed by atoms with Gasteiger partial charge in [-0.05, 0) is 61.0 Å². The number of piperazine rings is 1. The van der Waals surface area contributed by atoms with Crippen LogP contribution >= 0.6 is 0 Å². The lowest BCUT2D eigenvalue weighted by Gasteiger charge is -2.39. The maximum Gasteiger partial charge on any atom is 0.257 e. The zero-order chi connectivity index (χ0) is 24.4. The average Bonchev–Trinajstić information content (AvgIpc) is 3.21. The lowest BCUT2D eigenvalue weighted by Crippen LogP contribution is -2.49. The Kier molecular flexibility index (Phi) is 6.84. The van der Waals surface area contributed by atoms with Crippen molar-refractivity contribution in [3.63, 3.8) is 0 Å². The van der Waals surface area contributed by atoms with Gasteiger partial charge in [-0.2, -0.15) is 0 Å². The van der Waals surface area contributed by atoms with Gasteiger partial charge >= 0.3 is 0 Å². The number of benzene rings is 3. The molecule has 1 heterocycles. The van der Waals surface area contributed by atoms with E-state index < -0.39 is 5.82 Å². The van der Waals surface area contributed by atoms with Gasteiger partial charge in [0.25, 0.3) is 5.91 Å². The monoisotopic (exact) mass is 473 g/mol. The molecule has 1 aliphatic carbocycles. The van der Waals surface area contributed by atoms with Crippen LogP contribution in [0.15, 0.2) is 66.7 Å². The summed E-state index contributed by atoms with van der Waals surface area (Å²) in [6.45, 7) is 4.07. The minimum atomic E-state index is -0.424. The first-order valence-electron chi connectivity index (χ1n) is 12.3. The van der Waals surface area contributed by atoms with E-state index in [1.165, 1.54) is 34.4 Å². The van der Waals surface area contributed by atoms with E-state index in [9.17, 15) is 9.18 Å². The molecule has 5 nitrogen and oxygen atoms in total. The molecule has 2 aliphatic rings. The number of hydrogen-bond acceptors (Lipinski definition) is 4. The Labute approximate surface area is 206 Å². The zero-order valence-electron chi connectivity index (χ0n) is 20.4. The van der Waals surface area contributed by atoms with E-state index in [2.05, 4.69) is 58.3 Å². The molecule has 3 aromatic rings. The van der Waals surface area contributed by atoms with Crippen molar-refractivity contribution in [2.24, 2.45) is 0 Å². The summed E-state index contributed by atoms with van der Waals surface area (Å²) < 4.78 is 20.0. The fraction of sp³-hybridized carbons (Fsp3) is 0.345. The molecule has 0 spiro atoms. The lowest BCUT2D eigenvalue weighted by molar-refractivity contribution is 0.0595. The highest BCUT2D eigenvalue weighted by Crippen LogP contribution is 2.46. The first-order chi connectivity index (χ1) is 17.0. The van der Waals surface area contributed by atoms with Gasteiger partial charge in [0, 0.05) is 32.7 Å². The normalized spacial score (nSPS) is 15.8. The van der Waals surface area contributed by atoms with Crippen LogP contribution < -0.4 is 4.74 Å². The molecule has 3 aromatic carbocycles. The number of carbonyl (C=O) groups excluding carboxylic acids is 1. The third kappa shape index (κ3) is 4.81. The third-order valence-corrected chi connectivity index (χ3v) is 6.95. The molecule has 0 aromatic heterocycles. The quantitative estimate of drug-likeness (QED) is 0.467. The second-order valence-corrected chi connectivity index (χ2v) is 9.55. The number of hydrogen-bond donors (Lipinski definition) is 0. The molecular weight excluding hydrogens is 441 g/mol. The number of carbonyl (C=O) groups is 1. The topological polar surface area (TPSA) is 36.0 Å². The number of amides is 1. The number of rotatable bonds is 7. The number of nitrogens with zero attached hydrogens (tertiary/aromatic N) is 3. The van der Waals surface area contributed by atoms with Crippen molar-refractivity contribution in [2.75, 3.05) is 53.4 Å². The summed E-state index contributed by atoms with van der Waals surface area (Å²) in [4.78, 5) is 19.8. The Bertz CT molecular complexity index is 1160. The van der Waals surface area contributed by atoms with Gasteiger partial charge in [-0.3, -0.25) is 9.69 Å². The van der Waals surface area contributed by atoms with Gasteiger partial charge in [0.1, 0.15) is 11.6 Å². The van der Waals surface area contributed by atoms with Crippen molar-refractivity contribution in [1.29, 1.82) is 0 Å². The van der Waals surface area contributed by atoms with E-state index in [0.29, 0.717) is 31.0 Å². The van der Waals surface area contributed by atoms with Gasteiger partial charge in [0.05, 0.1) is 18.2 Å². The summed E-state index contributed by atoms with van der Waals surface area (Å²) in [7, 11) is 4.02. The zero-order valence-corrected chi connectivity index (χ0v) is 20.4. The van der Waals surface area contributed by atoms with Crippen molar-refractivity contribution in [1.82, 2.24) is 14.7 Å². The molecule has 6 heteroatoms. The van der Waals surface area contributed by atoms with Crippen molar-refractivity contribution in [3.8, 4) is 16.9 Å². The van der Waals surface area contributed by atoms with Crippen molar-refractivity contribution in [2.45, 2.75) is 12.5 Å². The van der Waals surface area contributed by atoms with Gasteiger partial charge in [-0.1, -0.05) is 48.5 Å². The molecule has 0 unspecified atom stereocenters. The molecule has 0 atom stereocenters. The van der Waals surface area contributed by atoms with Crippen LogP contribution in [0.25, 0.3) is 11.1 Å². The Balaban J connectivity index is 1.28. The standard InChI is InChI=1S/C29H32FN3O2/c1-31(2)14-7-19-35-27-13-12-21(30)20-26(27)29(34)33-17-15-32(16-18-33)28-24-10-5-3-8-22(24)23-9-4-6-11-25(23)28/h3-6,8-13,20,28H,7,14-19H2,1-2H3. The molecule has 1 fully saturated rings. The first kappa shape index (κ1) is 23.5. The third-order valence-electron chi connectivity index (χ3n) is 6.95. The fourth-order valence-corrected chi connectivity index (χ4v) is 5.23. The molecule has 0 saturated carbocycles. The summed E-state index contributed by atoms with van der Waals surface area (Å²) in [6, 6.07) is 21.6. The molecule has 1 aliphatic heterocycles. The van der Waals surface area contributed by atoms with E-state index in [1.807, 2.05) is 19.0 Å². The highest BCUT2D eigenvalue weighted by Gasteiger charge is 2.35. The molecule has 0 N–H and O–H groups in total. The first-order valence-corrected chi connectivity index (χ1v) is 12.3. The molecule has 1 saturated heterocycles. The number of halogens is 1. The van der Waals surface area contributed by atoms with Gasteiger partial charge in [0.2, 0.25) is 0 Å². The van der Waals surface area contributed by atoms with Crippen LogP contribution in [0.1, 0.15) is 33.9 Å². The number of ether oxygens (including phenoxy) is 1. The van der Waals surface area contributed by atoms with Crippen molar-refractivity contribution >= 4 is 5.91 Å². The summed E-state index contributed by atoms with van der Waals surface area (Å²) >= 11 is 0. The Morgan fingerprint density at radius 2 is 1.57 bits per heavy atom. The largest absolute Gasteiger partial charge is 0.493 e. The maximum absolute atomic E-state index is 14.1. The van der Waals surface area contributed by atoms with Crippen LogP contribution in [0.5, 0.6) is 5.75 Å². The Hall–Kier alpha value is -3.22. The van der Waals surface area contributed by atoms with Crippen LogP contribution in [0.4, 0.5) is 4.39 Å². The number of fused-ring (bicyclic) bond motifs is 3. The Morgan fingerprint density at radius 1 is 0.943 bits per heavy atom. The second-order valence-electron chi connectivity index (χ2n) is 9.55. The molecule has 5 rings (SSSR count). The molecule has 35 heavy (non-hydrogen) atoms. The maximum atomic E-state index is 14.1. The van der Waals surface area contributed by atoms with E-state index in [1.54, 1.807) is 6.07 Å². The predicted molar refractivity (Wildman–Crippen MR) is 136 cm³/mol. The van der Waals surface area contributed by atoms with Crippen LogP contribution in [-0.2, 0) is 0 Å². The Morgan fingerprint density at radius 3 is 2.20 bits per heavy atom. The SMILES string of the molecule is CN(C)CCCOc1ccc(F)cc1C(=O)N1CCN(C2c3ccccc3-c3ccccc32)CC1. The lowest BCUT2D eigenvalue weighted by atomic mass is 10.0.